The number of hydrogen-bond acceptors (Lipinski definition) is 3. The Labute approximate surface area is 119 Å². The smallest absolute Gasteiger partial charge is 0.401 e. The summed E-state index contributed by atoms with van der Waals surface area (Å²) in [6, 6.07) is 2.46. The second-order valence-electron chi connectivity index (χ2n) is 5.42. The quantitative estimate of drug-likeness (QED) is 0.797. The molecular weight excluding hydrogens is 290 g/mol. The van der Waals surface area contributed by atoms with Gasteiger partial charge in [-0.1, -0.05) is 0 Å². The van der Waals surface area contributed by atoms with Crippen molar-refractivity contribution in [3.63, 3.8) is 0 Å². The summed E-state index contributed by atoms with van der Waals surface area (Å²) in [5.74, 6) is -0.0314. The molecule has 0 radical (unpaired) electrons. The standard InChI is InChI=1S/C14H15F4NO2/c15-11-3-9(13-10(4-11)6-20-8-21-13)5-19(12-1-2-12)7-14(16,17)18/h3-4,12H,1-2,5-8H2. The fourth-order valence-corrected chi connectivity index (χ4v) is 2.58. The van der Waals surface area contributed by atoms with E-state index in [9.17, 15) is 17.6 Å². The number of benzene rings is 1. The third-order valence-electron chi connectivity index (χ3n) is 3.57. The first-order chi connectivity index (χ1) is 9.92. The molecule has 0 atom stereocenters. The van der Waals surface area contributed by atoms with E-state index in [1.165, 1.54) is 17.0 Å². The van der Waals surface area contributed by atoms with Gasteiger partial charge in [0.25, 0.3) is 0 Å². The van der Waals surface area contributed by atoms with Gasteiger partial charge in [0.15, 0.2) is 6.79 Å². The van der Waals surface area contributed by atoms with Crippen molar-refractivity contribution in [2.24, 2.45) is 0 Å². The minimum Gasteiger partial charge on any atom is -0.467 e. The van der Waals surface area contributed by atoms with Gasteiger partial charge in [-0.3, -0.25) is 4.90 Å². The molecule has 0 bridgehead atoms. The molecule has 21 heavy (non-hydrogen) atoms. The Morgan fingerprint density at radius 2 is 2.00 bits per heavy atom. The van der Waals surface area contributed by atoms with Crippen LogP contribution in [0.4, 0.5) is 17.6 Å². The Balaban J connectivity index is 1.83. The van der Waals surface area contributed by atoms with E-state index in [0.717, 1.165) is 12.8 Å². The minimum atomic E-state index is -4.26. The van der Waals surface area contributed by atoms with Crippen molar-refractivity contribution in [3.05, 3.63) is 29.1 Å². The van der Waals surface area contributed by atoms with Gasteiger partial charge in [0.2, 0.25) is 0 Å². The average molecular weight is 305 g/mol. The fraction of sp³-hybridized carbons (Fsp3) is 0.571. The van der Waals surface area contributed by atoms with Gasteiger partial charge in [0, 0.05) is 23.7 Å². The lowest BCUT2D eigenvalue weighted by Gasteiger charge is -2.26. The lowest BCUT2D eigenvalue weighted by molar-refractivity contribution is -0.148. The van der Waals surface area contributed by atoms with E-state index in [1.807, 2.05) is 0 Å². The molecule has 116 valence electrons. The summed E-state index contributed by atoms with van der Waals surface area (Å²) >= 11 is 0. The molecule has 0 amide bonds. The van der Waals surface area contributed by atoms with E-state index >= 15 is 0 Å². The molecule has 0 aromatic heterocycles. The first-order valence-electron chi connectivity index (χ1n) is 6.75. The summed E-state index contributed by atoms with van der Waals surface area (Å²) in [4.78, 5) is 1.34. The van der Waals surface area contributed by atoms with Gasteiger partial charge in [-0.15, -0.1) is 0 Å². The first kappa shape index (κ1) is 14.6. The fourth-order valence-electron chi connectivity index (χ4n) is 2.58. The van der Waals surface area contributed by atoms with Gasteiger partial charge in [-0.25, -0.2) is 4.39 Å². The van der Waals surface area contributed by atoms with Crippen LogP contribution in [0, 0.1) is 5.82 Å². The third kappa shape index (κ3) is 3.65. The summed E-state index contributed by atoms with van der Waals surface area (Å²) in [5.41, 5.74) is 0.989. The van der Waals surface area contributed by atoms with Crippen LogP contribution >= 0.6 is 0 Å². The summed E-state index contributed by atoms with van der Waals surface area (Å²) in [7, 11) is 0. The molecular formula is C14H15F4NO2. The van der Waals surface area contributed by atoms with Crippen molar-refractivity contribution in [2.75, 3.05) is 13.3 Å². The molecule has 1 heterocycles. The minimum absolute atomic E-state index is 0.0320. The summed E-state index contributed by atoms with van der Waals surface area (Å²) in [5, 5.41) is 0. The monoisotopic (exact) mass is 305 g/mol. The molecule has 3 nitrogen and oxygen atoms in total. The largest absolute Gasteiger partial charge is 0.467 e. The Morgan fingerprint density at radius 3 is 2.67 bits per heavy atom. The highest BCUT2D eigenvalue weighted by Crippen LogP contribution is 2.35. The normalized spacial score (nSPS) is 18.5. The Bertz CT molecular complexity index is 528. The molecule has 0 N–H and O–H groups in total. The van der Waals surface area contributed by atoms with E-state index in [1.54, 1.807) is 0 Å². The number of rotatable bonds is 4. The topological polar surface area (TPSA) is 21.7 Å². The number of fused-ring (bicyclic) bond motifs is 1. The predicted molar refractivity (Wildman–Crippen MR) is 66.2 cm³/mol. The second-order valence-corrected chi connectivity index (χ2v) is 5.42. The van der Waals surface area contributed by atoms with Gasteiger partial charge in [0.1, 0.15) is 11.6 Å². The molecule has 3 rings (SSSR count). The molecule has 7 heteroatoms. The first-order valence-corrected chi connectivity index (χ1v) is 6.75. The SMILES string of the molecule is Fc1cc2c(c(CN(CC(F)(F)F)C3CC3)c1)OCOC2. The maximum atomic E-state index is 13.6. The predicted octanol–water partition coefficient (Wildman–Crippen LogP) is 3.22. The van der Waals surface area contributed by atoms with Crippen LogP contribution in [-0.2, 0) is 17.9 Å². The zero-order chi connectivity index (χ0) is 15.0. The molecule has 1 aliphatic carbocycles. The van der Waals surface area contributed by atoms with Gasteiger partial charge < -0.3 is 9.47 Å². The zero-order valence-electron chi connectivity index (χ0n) is 11.3. The van der Waals surface area contributed by atoms with Gasteiger partial charge in [-0.05, 0) is 25.0 Å². The number of halogens is 4. The number of nitrogens with zero attached hydrogens (tertiary/aromatic N) is 1. The number of hydrogen-bond donors (Lipinski definition) is 0. The van der Waals surface area contributed by atoms with Crippen LogP contribution in [-0.4, -0.2) is 30.5 Å². The molecule has 1 aliphatic heterocycles. The molecule has 1 aromatic rings. The van der Waals surface area contributed by atoms with Crippen molar-refractivity contribution >= 4 is 0 Å². The van der Waals surface area contributed by atoms with Gasteiger partial charge in [-0.2, -0.15) is 13.2 Å². The Kier molecular flexibility index (Phi) is 3.79. The molecule has 0 spiro atoms. The third-order valence-corrected chi connectivity index (χ3v) is 3.57. The highest BCUT2D eigenvalue weighted by Gasteiger charge is 2.38. The van der Waals surface area contributed by atoms with Crippen LogP contribution in [0.1, 0.15) is 24.0 Å². The lowest BCUT2D eigenvalue weighted by atomic mass is 10.1. The molecule has 2 aliphatic rings. The van der Waals surface area contributed by atoms with Crippen LogP contribution in [0.2, 0.25) is 0 Å². The van der Waals surface area contributed by atoms with Crippen molar-refractivity contribution < 1.29 is 27.0 Å². The van der Waals surface area contributed by atoms with E-state index < -0.39 is 18.5 Å². The lowest BCUT2D eigenvalue weighted by Crippen LogP contribution is -2.35. The van der Waals surface area contributed by atoms with Crippen molar-refractivity contribution in [1.29, 1.82) is 0 Å². The van der Waals surface area contributed by atoms with Crippen molar-refractivity contribution in [2.45, 2.75) is 38.2 Å². The maximum absolute atomic E-state index is 13.6. The highest BCUT2D eigenvalue weighted by molar-refractivity contribution is 5.42. The Morgan fingerprint density at radius 1 is 1.24 bits per heavy atom. The summed E-state index contributed by atoms with van der Waals surface area (Å²) in [6.07, 6.45) is -2.77. The second kappa shape index (κ2) is 5.46. The van der Waals surface area contributed by atoms with E-state index in [4.69, 9.17) is 9.47 Å². The molecule has 0 saturated heterocycles. The van der Waals surface area contributed by atoms with E-state index in [-0.39, 0.29) is 26.0 Å². The van der Waals surface area contributed by atoms with Crippen LogP contribution in [0.15, 0.2) is 12.1 Å². The molecule has 1 aromatic carbocycles. The van der Waals surface area contributed by atoms with Gasteiger partial charge >= 0.3 is 6.18 Å². The van der Waals surface area contributed by atoms with Crippen molar-refractivity contribution in [1.82, 2.24) is 4.90 Å². The van der Waals surface area contributed by atoms with E-state index in [0.29, 0.717) is 16.9 Å². The molecule has 1 fully saturated rings. The van der Waals surface area contributed by atoms with Gasteiger partial charge in [0.05, 0.1) is 13.2 Å². The summed E-state index contributed by atoms with van der Waals surface area (Å²) < 4.78 is 62.0. The van der Waals surface area contributed by atoms with Crippen LogP contribution < -0.4 is 4.74 Å². The number of alkyl halides is 3. The molecule has 1 saturated carbocycles. The van der Waals surface area contributed by atoms with Crippen LogP contribution in [0.3, 0.4) is 0 Å². The average Bonchev–Trinajstić information content (AvgIpc) is 3.20. The van der Waals surface area contributed by atoms with Crippen LogP contribution in [0.25, 0.3) is 0 Å². The summed E-state index contributed by atoms with van der Waals surface area (Å²) in [6.45, 7) is -0.707. The Hall–Kier alpha value is -1.34. The van der Waals surface area contributed by atoms with Crippen LogP contribution in [0.5, 0.6) is 5.75 Å². The van der Waals surface area contributed by atoms with E-state index in [2.05, 4.69) is 0 Å². The maximum Gasteiger partial charge on any atom is 0.401 e. The molecule has 0 unspecified atom stereocenters. The number of ether oxygens (including phenoxy) is 2. The zero-order valence-corrected chi connectivity index (χ0v) is 11.3. The highest BCUT2D eigenvalue weighted by atomic mass is 19.4. The van der Waals surface area contributed by atoms with Crippen molar-refractivity contribution in [3.8, 4) is 5.75 Å².